The Bertz CT molecular complexity index is 500. The van der Waals surface area contributed by atoms with Gasteiger partial charge in [-0.2, -0.15) is 0 Å². The fraction of sp³-hybridized carbons (Fsp3) is 0.529. The van der Waals surface area contributed by atoms with Crippen molar-refractivity contribution in [3.05, 3.63) is 42.2 Å². The van der Waals surface area contributed by atoms with E-state index in [2.05, 4.69) is 33.8 Å². The van der Waals surface area contributed by atoms with E-state index in [-0.39, 0.29) is 11.8 Å². The minimum atomic E-state index is 0.225. The summed E-state index contributed by atoms with van der Waals surface area (Å²) in [6.07, 6.45) is 11.4. The second kappa shape index (κ2) is 6.85. The molecule has 3 rings (SSSR count). The van der Waals surface area contributed by atoms with Gasteiger partial charge in [-0.25, -0.2) is 0 Å². The SMILES string of the molecule is O=C(NCCCNCc1cccnc1)C1CC2C=CC1C2. The Balaban J connectivity index is 1.27. The van der Waals surface area contributed by atoms with E-state index in [1.807, 2.05) is 12.3 Å². The summed E-state index contributed by atoms with van der Waals surface area (Å²) in [7, 11) is 0. The molecule has 3 atom stereocenters. The van der Waals surface area contributed by atoms with Crippen LogP contribution in [0, 0.1) is 17.8 Å². The molecule has 1 heterocycles. The number of nitrogens with zero attached hydrogens (tertiary/aromatic N) is 1. The van der Waals surface area contributed by atoms with Crippen LogP contribution in [0.25, 0.3) is 0 Å². The van der Waals surface area contributed by atoms with Gasteiger partial charge in [0.2, 0.25) is 5.91 Å². The number of amides is 1. The van der Waals surface area contributed by atoms with Gasteiger partial charge >= 0.3 is 0 Å². The summed E-state index contributed by atoms with van der Waals surface area (Å²) in [6.45, 7) is 2.50. The van der Waals surface area contributed by atoms with Crippen molar-refractivity contribution in [3.8, 4) is 0 Å². The van der Waals surface area contributed by atoms with E-state index < -0.39 is 0 Å². The van der Waals surface area contributed by atoms with Crippen molar-refractivity contribution in [2.24, 2.45) is 17.8 Å². The molecule has 1 saturated carbocycles. The minimum Gasteiger partial charge on any atom is -0.356 e. The number of carbonyl (C=O) groups excluding carboxylic acids is 1. The van der Waals surface area contributed by atoms with Crippen LogP contribution in [-0.2, 0) is 11.3 Å². The van der Waals surface area contributed by atoms with E-state index in [0.717, 1.165) is 32.5 Å². The van der Waals surface area contributed by atoms with Gasteiger partial charge in [0.15, 0.2) is 0 Å². The molecule has 1 fully saturated rings. The lowest BCUT2D eigenvalue weighted by molar-refractivity contribution is -0.125. The fourth-order valence-corrected chi connectivity index (χ4v) is 3.37. The van der Waals surface area contributed by atoms with Crippen LogP contribution in [0.15, 0.2) is 36.7 Å². The predicted molar refractivity (Wildman–Crippen MR) is 82.4 cm³/mol. The molecule has 0 aliphatic heterocycles. The molecule has 0 aromatic carbocycles. The van der Waals surface area contributed by atoms with Crippen LogP contribution in [0.3, 0.4) is 0 Å². The number of carbonyl (C=O) groups is 1. The lowest BCUT2D eigenvalue weighted by atomic mass is 9.93. The molecule has 112 valence electrons. The Morgan fingerprint density at radius 2 is 2.24 bits per heavy atom. The van der Waals surface area contributed by atoms with E-state index in [9.17, 15) is 4.79 Å². The molecule has 1 aromatic rings. The van der Waals surface area contributed by atoms with Gasteiger partial charge in [-0.3, -0.25) is 9.78 Å². The molecule has 0 radical (unpaired) electrons. The van der Waals surface area contributed by atoms with Crippen LogP contribution >= 0.6 is 0 Å². The summed E-state index contributed by atoms with van der Waals surface area (Å²) in [4.78, 5) is 16.2. The van der Waals surface area contributed by atoms with Crippen molar-refractivity contribution < 1.29 is 4.79 Å². The number of hydrogen-bond donors (Lipinski definition) is 2. The molecule has 4 heteroatoms. The molecule has 2 N–H and O–H groups in total. The van der Waals surface area contributed by atoms with Gasteiger partial charge in [0.05, 0.1) is 0 Å². The third-order valence-corrected chi connectivity index (χ3v) is 4.50. The average Bonchev–Trinajstić information content (AvgIpc) is 3.14. The molecule has 3 unspecified atom stereocenters. The molecule has 0 saturated heterocycles. The highest BCUT2D eigenvalue weighted by Gasteiger charge is 2.39. The summed E-state index contributed by atoms with van der Waals surface area (Å²) in [5, 5.41) is 6.45. The summed E-state index contributed by atoms with van der Waals surface area (Å²) >= 11 is 0. The van der Waals surface area contributed by atoms with Crippen molar-refractivity contribution in [1.29, 1.82) is 0 Å². The Labute approximate surface area is 126 Å². The average molecular weight is 285 g/mol. The highest BCUT2D eigenvalue weighted by molar-refractivity contribution is 5.79. The molecule has 21 heavy (non-hydrogen) atoms. The van der Waals surface area contributed by atoms with Crippen LogP contribution in [-0.4, -0.2) is 24.0 Å². The smallest absolute Gasteiger partial charge is 0.223 e. The third kappa shape index (κ3) is 3.70. The Kier molecular flexibility index (Phi) is 4.65. The van der Waals surface area contributed by atoms with Crippen LogP contribution in [0.1, 0.15) is 24.8 Å². The van der Waals surface area contributed by atoms with E-state index >= 15 is 0 Å². The van der Waals surface area contributed by atoms with E-state index in [1.54, 1.807) is 6.20 Å². The van der Waals surface area contributed by atoms with Gasteiger partial charge < -0.3 is 10.6 Å². The third-order valence-electron chi connectivity index (χ3n) is 4.50. The maximum absolute atomic E-state index is 12.1. The zero-order valence-electron chi connectivity index (χ0n) is 12.3. The highest BCUT2D eigenvalue weighted by Crippen LogP contribution is 2.43. The Morgan fingerprint density at radius 3 is 2.95 bits per heavy atom. The monoisotopic (exact) mass is 285 g/mol. The fourth-order valence-electron chi connectivity index (χ4n) is 3.37. The molecule has 4 nitrogen and oxygen atoms in total. The first-order valence-corrected chi connectivity index (χ1v) is 7.88. The van der Waals surface area contributed by atoms with Gasteiger partial charge in [-0.1, -0.05) is 18.2 Å². The second-order valence-corrected chi connectivity index (χ2v) is 6.07. The predicted octanol–water partition coefficient (Wildman–Crippen LogP) is 1.89. The van der Waals surface area contributed by atoms with Crippen molar-refractivity contribution in [2.45, 2.75) is 25.8 Å². The van der Waals surface area contributed by atoms with Crippen molar-refractivity contribution >= 4 is 5.91 Å². The summed E-state index contributed by atoms with van der Waals surface area (Å²) in [6, 6.07) is 4.01. The molecular formula is C17H23N3O. The zero-order valence-corrected chi connectivity index (χ0v) is 12.3. The van der Waals surface area contributed by atoms with E-state index in [1.165, 1.54) is 12.0 Å². The molecule has 1 aromatic heterocycles. The zero-order chi connectivity index (χ0) is 14.5. The van der Waals surface area contributed by atoms with Crippen molar-refractivity contribution in [3.63, 3.8) is 0 Å². The lowest BCUT2D eigenvalue weighted by Gasteiger charge is -2.17. The minimum absolute atomic E-state index is 0.225. The van der Waals surface area contributed by atoms with Crippen LogP contribution in [0.4, 0.5) is 0 Å². The largest absolute Gasteiger partial charge is 0.356 e. The summed E-state index contributed by atoms with van der Waals surface area (Å²) in [5.74, 6) is 1.63. The van der Waals surface area contributed by atoms with Gasteiger partial charge in [0.1, 0.15) is 0 Å². The quantitative estimate of drug-likeness (QED) is 0.594. The van der Waals surface area contributed by atoms with Gasteiger partial charge in [0.25, 0.3) is 0 Å². The molecule has 0 spiro atoms. The first-order chi connectivity index (χ1) is 10.3. The molecule has 2 aliphatic carbocycles. The first kappa shape index (κ1) is 14.3. The van der Waals surface area contributed by atoms with E-state index in [0.29, 0.717) is 11.8 Å². The molecular weight excluding hydrogens is 262 g/mol. The number of hydrogen-bond acceptors (Lipinski definition) is 3. The molecule has 2 aliphatic rings. The number of pyridine rings is 1. The number of aromatic nitrogens is 1. The number of rotatable bonds is 7. The maximum Gasteiger partial charge on any atom is 0.223 e. The molecule has 1 amide bonds. The number of allylic oxidation sites excluding steroid dienone is 2. The van der Waals surface area contributed by atoms with Crippen LogP contribution in [0.5, 0.6) is 0 Å². The summed E-state index contributed by atoms with van der Waals surface area (Å²) < 4.78 is 0. The van der Waals surface area contributed by atoms with E-state index in [4.69, 9.17) is 0 Å². The summed E-state index contributed by atoms with van der Waals surface area (Å²) in [5.41, 5.74) is 1.19. The van der Waals surface area contributed by atoms with Crippen LogP contribution < -0.4 is 10.6 Å². The van der Waals surface area contributed by atoms with Gasteiger partial charge in [-0.15, -0.1) is 0 Å². The highest BCUT2D eigenvalue weighted by atomic mass is 16.1. The number of nitrogens with one attached hydrogen (secondary N) is 2. The van der Waals surface area contributed by atoms with Crippen LogP contribution in [0.2, 0.25) is 0 Å². The maximum atomic E-state index is 12.1. The molecule has 2 bridgehead atoms. The van der Waals surface area contributed by atoms with Crippen molar-refractivity contribution in [1.82, 2.24) is 15.6 Å². The van der Waals surface area contributed by atoms with Gasteiger partial charge in [0, 0.05) is 31.4 Å². The Morgan fingerprint density at radius 1 is 1.29 bits per heavy atom. The Hall–Kier alpha value is -1.68. The second-order valence-electron chi connectivity index (χ2n) is 6.07. The standard InChI is InChI=1S/C17H23N3O/c21-17(16-10-13-4-5-15(16)9-13)20-8-2-7-19-12-14-3-1-6-18-11-14/h1,3-6,11,13,15-16,19H,2,7-10,12H2,(H,20,21). The lowest BCUT2D eigenvalue weighted by Crippen LogP contribution is -2.34. The first-order valence-electron chi connectivity index (χ1n) is 7.88. The normalized spacial score (nSPS) is 26.2. The van der Waals surface area contributed by atoms with Gasteiger partial charge in [-0.05, 0) is 49.3 Å². The van der Waals surface area contributed by atoms with Crippen molar-refractivity contribution in [2.75, 3.05) is 13.1 Å². The number of fused-ring (bicyclic) bond motifs is 2. The topological polar surface area (TPSA) is 54.0 Å².